The van der Waals surface area contributed by atoms with Crippen molar-refractivity contribution < 1.29 is 27.9 Å². The quantitative estimate of drug-likeness (QED) is 0.287. The zero-order valence-electron chi connectivity index (χ0n) is 20.6. The van der Waals surface area contributed by atoms with Crippen LogP contribution in [0, 0.1) is 0 Å². The van der Waals surface area contributed by atoms with E-state index in [0.717, 1.165) is 63.4 Å². The Hall–Kier alpha value is -0.275. The molecular formula is C23H41BO6S. The van der Waals surface area contributed by atoms with Gasteiger partial charge in [-0.15, -0.1) is 0 Å². The maximum atomic E-state index is 12.3. The summed E-state index contributed by atoms with van der Waals surface area (Å²) in [5.74, 6) is -0.622. The van der Waals surface area contributed by atoms with Gasteiger partial charge in [0.15, 0.2) is 5.79 Å². The molecule has 3 aliphatic rings. The Balaban J connectivity index is 1.49. The summed E-state index contributed by atoms with van der Waals surface area (Å²) >= 11 is 1.08. The van der Waals surface area contributed by atoms with Gasteiger partial charge < -0.3 is 23.1 Å². The predicted octanol–water partition coefficient (Wildman–Crippen LogP) is 4.48. The van der Waals surface area contributed by atoms with Crippen LogP contribution in [0.4, 0.5) is 0 Å². The molecule has 0 amide bonds. The summed E-state index contributed by atoms with van der Waals surface area (Å²) in [7, 11) is 0.0990. The molecule has 2 heterocycles. The molecule has 178 valence electrons. The van der Waals surface area contributed by atoms with E-state index in [1.54, 1.807) is 0 Å². The van der Waals surface area contributed by atoms with Crippen molar-refractivity contribution in [2.45, 2.75) is 134 Å². The average molecular weight is 458 g/mol. The lowest BCUT2D eigenvalue weighted by atomic mass is 9.91. The van der Waals surface area contributed by atoms with Crippen molar-refractivity contribution in [2.24, 2.45) is 0 Å². The van der Waals surface area contributed by atoms with Crippen LogP contribution in [0.15, 0.2) is 0 Å². The van der Waals surface area contributed by atoms with Crippen LogP contribution >= 0.6 is 11.9 Å². The number of hydrogen-bond acceptors (Lipinski definition) is 7. The molecule has 8 heteroatoms. The molecule has 2 aliphatic heterocycles. The van der Waals surface area contributed by atoms with E-state index in [4.69, 9.17) is 24.5 Å². The van der Waals surface area contributed by atoms with Crippen molar-refractivity contribution >= 4 is 25.0 Å². The van der Waals surface area contributed by atoms with E-state index in [1.807, 2.05) is 20.8 Å². The van der Waals surface area contributed by atoms with Gasteiger partial charge >= 0.3 is 5.97 Å². The first-order chi connectivity index (χ1) is 15.3. The van der Waals surface area contributed by atoms with Crippen molar-refractivity contribution in [3.8, 4) is 0 Å². The number of carbonyl (C=O) groups excluding carboxylic acids is 1. The molecule has 0 N–H and O–H groups in total. The van der Waals surface area contributed by atoms with Gasteiger partial charge in [0.05, 0.1) is 37.4 Å². The summed E-state index contributed by atoms with van der Waals surface area (Å²) in [6, 6.07) is 0. The van der Waals surface area contributed by atoms with Gasteiger partial charge in [-0.2, -0.15) is 0 Å². The van der Waals surface area contributed by atoms with Gasteiger partial charge in [0.25, 0.3) is 0 Å². The third kappa shape index (κ3) is 8.54. The van der Waals surface area contributed by atoms with Gasteiger partial charge in [-0.05, 0) is 67.1 Å². The van der Waals surface area contributed by atoms with E-state index >= 15 is 0 Å². The topological polar surface area (TPSA) is 63.2 Å². The van der Waals surface area contributed by atoms with E-state index < -0.39 is 5.60 Å². The summed E-state index contributed by atoms with van der Waals surface area (Å²) in [5, 5.41) is 0. The second-order valence-corrected chi connectivity index (χ2v) is 10.7. The number of esters is 1. The summed E-state index contributed by atoms with van der Waals surface area (Å²) in [5.41, 5.74) is -0.518. The Labute approximate surface area is 194 Å². The molecule has 2 saturated heterocycles. The first kappa shape index (κ1) is 23.9. The normalized spacial score (nSPS) is 30.4. The lowest BCUT2D eigenvalue weighted by Crippen LogP contribution is -2.47. The molecule has 3 fully saturated rings. The minimum Gasteiger partial charge on any atom is -0.460 e. The second kappa shape index (κ2) is 11.7. The first-order valence-corrected chi connectivity index (χ1v) is 12.9. The highest BCUT2D eigenvalue weighted by molar-refractivity contribution is 8.15. The number of ether oxygens (including phenoxy) is 4. The molecule has 0 aromatic rings. The molecule has 0 unspecified atom stereocenters. The molecule has 0 aromatic carbocycles. The molecule has 6 nitrogen and oxygen atoms in total. The summed E-state index contributed by atoms with van der Waals surface area (Å²) < 4.78 is 37.6. The Kier molecular flexibility index (Phi) is 9.03. The highest BCUT2D eigenvalue weighted by atomic mass is 32.2. The second-order valence-electron chi connectivity index (χ2n) is 10.3. The fourth-order valence-electron chi connectivity index (χ4n) is 5.03. The van der Waals surface area contributed by atoms with Crippen molar-refractivity contribution in [1.29, 1.82) is 1.34 Å². The smallest absolute Gasteiger partial charge is 0.308 e. The van der Waals surface area contributed by atoms with Gasteiger partial charge in [-0.1, -0.05) is 18.3 Å². The first-order valence-electron chi connectivity index (χ1n) is 12.7. The van der Waals surface area contributed by atoms with Gasteiger partial charge in [-0.3, -0.25) is 4.79 Å². The minimum absolute atomic E-state index is 0.0519. The van der Waals surface area contributed by atoms with Crippen LogP contribution in [0.2, 0.25) is 0 Å². The molecule has 0 bridgehead atoms. The van der Waals surface area contributed by atoms with Crippen LogP contribution in [-0.2, 0) is 27.9 Å². The van der Waals surface area contributed by atoms with Crippen LogP contribution in [-0.4, -0.2) is 56.8 Å². The Morgan fingerprint density at radius 2 is 1.94 bits per heavy atom. The van der Waals surface area contributed by atoms with E-state index in [2.05, 4.69) is 0 Å². The van der Waals surface area contributed by atoms with Gasteiger partial charge in [0.2, 0.25) is 7.09 Å². The number of hydrogen-bond donors (Lipinski definition) is 0. The van der Waals surface area contributed by atoms with Crippen LogP contribution in [0.1, 0.15) is 97.8 Å². The average Bonchev–Trinajstić information content (AvgIpc) is 2.71. The number of carbonyl (C=O) groups is 1. The lowest BCUT2D eigenvalue weighted by molar-refractivity contribution is -0.309. The monoisotopic (exact) mass is 458 g/mol. The maximum Gasteiger partial charge on any atom is 0.308 e. The predicted molar refractivity (Wildman–Crippen MR) is 124 cm³/mol. The third-order valence-corrected chi connectivity index (χ3v) is 6.72. The fraction of sp³-hybridized carbons (Fsp3) is 0.957. The molecule has 3 rings (SSSR count). The Morgan fingerprint density at radius 1 is 1.16 bits per heavy atom. The van der Waals surface area contributed by atoms with Gasteiger partial charge in [-0.25, -0.2) is 0 Å². The van der Waals surface area contributed by atoms with Gasteiger partial charge in [0, 0.05) is 19.3 Å². The highest BCUT2D eigenvalue weighted by Crippen LogP contribution is 2.39. The minimum atomic E-state index is -0.518. The SMILES string of the molecule is [3H]BSO[C@@H](CC(=O)OC(C)(C)C)C[C@@H]1CCC[C@H](C[C@@H]2CCOC3(CCCCC3)O2)O1. The molecule has 0 aromatic heterocycles. The lowest BCUT2D eigenvalue weighted by Gasteiger charge is -2.44. The summed E-state index contributed by atoms with van der Waals surface area (Å²) in [6.07, 6.45) is 11.5. The van der Waals surface area contributed by atoms with Crippen LogP contribution in [0.25, 0.3) is 0 Å². The van der Waals surface area contributed by atoms with E-state index in [-0.39, 0.29) is 49.7 Å². The van der Waals surface area contributed by atoms with E-state index in [0.29, 0.717) is 6.42 Å². The largest absolute Gasteiger partial charge is 0.460 e. The standard InChI is InChI=1S/C23H41BO6S/c1-22(2,3)29-21(25)16-20(30-31-24)15-18-9-7-8-17(27-18)14-19-10-13-26-23(28-19)11-5-4-6-12-23/h17-20H,4-16,24H2,1-3H3/t17-,18+,19+,20-/m1/s1/i24T. The van der Waals surface area contributed by atoms with Crippen molar-refractivity contribution in [1.82, 2.24) is 0 Å². The molecule has 1 saturated carbocycles. The fourth-order valence-corrected chi connectivity index (χ4v) is 5.37. The van der Waals surface area contributed by atoms with Crippen molar-refractivity contribution in [3.05, 3.63) is 0 Å². The number of rotatable bonds is 9. The molecule has 0 radical (unpaired) electrons. The van der Waals surface area contributed by atoms with Crippen molar-refractivity contribution in [3.63, 3.8) is 0 Å². The molecule has 1 aliphatic carbocycles. The zero-order valence-corrected chi connectivity index (χ0v) is 20.4. The van der Waals surface area contributed by atoms with Gasteiger partial charge in [0.1, 0.15) is 5.60 Å². The van der Waals surface area contributed by atoms with E-state index in [1.165, 1.54) is 19.3 Å². The van der Waals surface area contributed by atoms with E-state index in [9.17, 15) is 4.79 Å². The van der Waals surface area contributed by atoms with Crippen molar-refractivity contribution in [2.75, 3.05) is 6.61 Å². The highest BCUT2D eigenvalue weighted by Gasteiger charge is 2.40. The maximum absolute atomic E-state index is 12.3. The summed E-state index contributed by atoms with van der Waals surface area (Å²) in [4.78, 5) is 12.3. The Morgan fingerprint density at radius 3 is 2.68 bits per heavy atom. The van der Waals surface area contributed by atoms with Crippen LogP contribution < -0.4 is 0 Å². The van der Waals surface area contributed by atoms with Crippen LogP contribution in [0.5, 0.6) is 0 Å². The molecule has 31 heavy (non-hydrogen) atoms. The Bertz CT molecular complexity index is 578. The molecule has 4 atom stereocenters. The third-order valence-electron chi connectivity index (χ3n) is 6.31. The molecule has 1 spiro atoms. The van der Waals surface area contributed by atoms with Crippen LogP contribution in [0.3, 0.4) is 0 Å². The summed E-state index contributed by atoms with van der Waals surface area (Å²) in [6.45, 7) is 6.37. The molecular weight excluding hydrogens is 415 g/mol. The zero-order chi connectivity index (χ0) is 23.0.